The molecule has 0 saturated carbocycles. The highest BCUT2D eigenvalue weighted by atomic mass is 19.2. The average molecular weight is 437 g/mol. The Morgan fingerprint density at radius 2 is 1.61 bits per heavy atom. The number of anilines is 1. The van der Waals surface area contributed by atoms with Crippen molar-refractivity contribution in [1.29, 1.82) is 0 Å². The number of nitrogens with one attached hydrogen (secondary N) is 3. The summed E-state index contributed by atoms with van der Waals surface area (Å²) in [6.45, 7) is 4.57. The minimum absolute atomic E-state index is 0.132. The first kappa shape index (κ1) is 23.7. The van der Waals surface area contributed by atoms with E-state index in [1.807, 2.05) is 0 Å². The lowest BCUT2D eigenvalue weighted by Crippen LogP contribution is -2.37. The van der Waals surface area contributed by atoms with Crippen LogP contribution in [0.4, 0.5) is 23.7 Å². The number of hydrogen-bond acceptors (Lipinski definition) is 4. The Morgan fingerprint density at radius 1 is 0.935 bits per heavy atom. The maximum atomic E-state index is 13.8. The molecule has 0 aliphatic rings. The van der Waals surface area contributed by atoms with Gasteiger partial charge in [-0.1, -0.05) is 18.2 Å². The van der Waals surface area contributed by atoms with Crippen molar-refractivity contribution in [2.75, 3.05) is 11.9 Å². The molecule has 2 rings (SSSR count). The van der Waals surface area contributed by atoms with Gasteiger partial charge in [0.15, 0.2) is 17.5 Å². The molecule has 0 aromatic heterocycles. The number of rotatable bonds is 6. The highest BCUT2D eigenvalue weighted by molar-refractivity contribution is 5.96. The third-order valence-electron chi connectivity index (χ3n) is 3.80. The van der Waals surface area contributed by atoms with Crippen LogP contribution in [0.1, 0.15) is 36.7 Å². The largest absolute Gasteiger partial charge is 0.444 e. The number of alkyl carbamates (subject to hydrolysis) is 1. The van der Waals surface area contributed by atoms with E-state index in [9.17, 15) is 27.6 Å². The van der Waals surface area contributed by atoms with E-state index in [2.05, 4.69) is 16.0 Å². The van der Waals surface area contributed by atoms with Crippen LogP contribution < -0.4 is 16.0 Å². The number of hydrogen-bond donors (Lipinski definition) is 3. The van der Waals surface area contributed by atoms with E-state index in [0.717, 1.165) is 6.07 Å². The van der Waals surface area contributed by atoms with Gasteiger partial charge in [-0.05, 0) is 44.5 Å². The summed E-state index contributed by atoms with van der Waals surface area (Å²) < 4.78 is 45.1. The lowest BCUT2D eigenvalue weighted by molar-refractivity contribution is -0.115. The van der Waals surface area contributed by atoms with Crippen molar-refractivity contribution in [1.82, 2.24) is 10.6 Å². The fraction of sp³-hybridized carbons (Fsp3) is 0.286. The van der Waals surface area contributed by atoms with Crippen LogP contribution in [0, 0.1) is 17.5 Å². The molecule has 2 aromatic carbocycles. The zero-order chi connectivity index (χ0) is 23.2. The first-order valence-corrected chi connectivity index (χ1v) is 9.24. The third-order valence-corrected chi connectivity index (χ3v) is 3.80. The quantitative estimate of drug-likeness (QED) is 0.603. The summed E-state index contributed by atoms with van der Waals surface area (Å²) >= 11 is 0. The van der Waals surface area contributed by atoms with Crippen LogP contribution in [0.2, 0.25) is 0 Å². The van der Waals surface area contributed by atoms with E-state index in [4.69, 9.17) is 4.74 Å². The SMILES string of the molecule is CC(C)(C)OC(=O)NCC(=O)Nc1ccccc1CNC(=O)c1ccc(F)c(F)c1F. The zero-order valence-corrected chi connectivity index (χ0v) is 17.1. The second kappa shape index (κ2) is 9.96. The molecule has 0 fully saturated rings. The van der Waals surface area contributed by atoms with Gasteiger partial charge in [0.2, 0.25) is 5.91 Å². The molecule has 31 heavy (non-hydrogen) atoms. The van der Waals surface area contributed by atoms with E-state index >= 15 is 0 Å². The van der Waals surface area contributed by atoms with Crippen LogP contribution >= 0.6 is 0 Å². The molecule has 0 aliphatic heterocycles. The first-order chi connectivity index (χ1) is 14.5. The Morgan fingerprint density at radius 3 is 2.29 bits per heavy atom. The van der Waals surface area contributed by atoms with Crippen molar-refractivity contribution in [3.8, 4) is 0 Å². The molecule has 7 nitrogen and oxygen atoms in total. The monoisotopic (exact) mass is 437 g/mol. The predicted molar refractivity (Wildman–Crippen MR) is 107 cm³/mol. The van der Waals surface area contributed by atoms with E-state index in [-0.39, 0.29) is 13.1 Å². The van der Waals surface area contributed by atoms with Crippen molar-refractivity contribution in [3.05, 3.63) is 65.0 Å². The Kier molecular flexibility index (Phi) is 7.62. The minimum atomic E-state index is -1.74. The number of para-hydroxylation sites is 1. The summed E-state index contributed by atoms with van der Waals surface area (Å²) in [4.78, 5) is 35.9. The van der Waals surface area contributed by atoms with Crippen molar-refractivity contribution in [2.45, 2.75) is 32.9 Å². The lowest BCUT2D eigenvalue weighted by atomic mass is 10.1. The summed E-state index contributed by atoms with van der Waals surface area (Å²) in [5.74, 6) is -6.23. The van der Waals surface area contributed by atoms with Gasteiger partial charge in [0, 0.05) is 12.2 Å². The van der Waals surface area contributed by atoms with Gasteiger partial charge in [-0.2, -0.15) is 0 Å². The summed E-state index contributed by atoms with van der Waals surface area (Å²) in [7, 11) is 0. The predicted octanol–water partition coefficient (Wildman–Crippen LogP) is 3.50. The standard InChI is InChI=1S/C21H22F3N3O4/c1-21(2,3)31-20(30)26-11-16(28)27-15-7-5-4-6-12(15)10-25-19(29)13-8-9-14(22)18(24)17(13)23/h4-9H,10-11H2,1-3H3,(H,25,29)(H,26,30)(H,27,28). The normalized spacial score (nSPS) is 10.9. The molecule has 0 heterocycles. The molecule has 10 heteroatoms. The highest BCUT2D eigenvalue weighted by Crippen LogP contribution is 2.17. The zero-order valence-electron chi connectivity index (χ0n) is 17.1. The molecule has 3 N–H and O–H groups in total. The van der Waals surface area contributed by atoms with Gasteiger partial charge in [0.05, 0.1) is 5.56 Å². The fourth-order valence-corrected chi connectivity index (χ4v) is 2.43. The smallest absolute Gasteiger partial charge is 0.408 e. The van der Waals surface area contributed by atoms with Gasteiger partial charge >= 0.3 is 6.09 Å². The van der Waals surface area contributed by atoms with Gasteiger partial charge in [-0.15, -0.1) is 0 Å². The molecule has 0 spiro atoms. The van der Waals surface area contributed by atoms with Crippen molar-refractivity contribution >= 4 is 23.6 Å². The number of ether oxygens (including phenoxy) is 1. The van der Waals surface area contributed by atoms with E-state index in [0.29, 0.717) is 17.3 Å². The number of halogens is 3. The van der Waals surface area contributed by atoms with Crippen LogP contribution in [-0.4, -0.2) is 30.1 Å². The number of carbonyl (C=O) groups excluding carboxylic acids is 3. The second-order valence-corrected chi connectivity index (χ2v) is 7.47. The molecule has 0 bridgehead atoms. The Labute approximate surface area is 177 Å². The molecular weight excluding hydrogens is 415 g/mol. The lowest BCUT2D eigenvalue weighted by Gasteiger charge is -2.19. The van der Waals surface area contributed by atoms with E-state index < -0.39 is 46.5 Å². The van der Waals surface area contributed by atoms with Crippen LogP contribution in [-0.2, 0) is 16.1 Å². The minimum Gasteiger partial charge on any atom is -0.444 e. The van der Waals surface area contributed by atoms with Gasteiger partial charge in [0.25, 0.3) is 5.91 Å². The van der Waals surface area contributed by atoms with Gasteiger partial charge in [-0.3, -0.25) is 9.59 Å². The van der Waals surface area contributed by atoms with Crippen LogP contribution in [0.15, 0.2) is 36.4 Å². The molecule has 0 unspecified atom stereocenters. The molecule has 0 radical (unpaired) electrons. The van der Waals surface area contributed by atoms with Gasteiger partial charge < -0.3 is 20.7 Å². The third kappa shape index (κ3) is 7.02. The Hall–Kier alpha value is -3.56. The van der Waals surface area contributed by atoms with Crippen LogP contribution in [0.25, 0.3) is 0 Å². The van der Waals surface area contributed by atoms with E-state index in [1.54, 1.807) is 45.0 Å². The van der Waals surface area contributed by atoms with Gasteiger partial charge in [0.1, 0.15) is 12.1 Å². The maximum Gasteiger partial charge on any atom is 0.408 e. The number of carbonyl (C=O) groups is 3. The summed E-state index contributed by atoms with van der Waals surface area (Å²) in [5.41, 5.74) is -0.561. The van der Waals surface area contributed by atoms with Gasteiger partial charge in [-0.25, -0.2) is 18.0 Å². The Balaban J connectivity index is 1.98. The van der Waals surface area contributed by atoms with Crippen molar-refractivity contribution < 1.29 is 32.3 Å². The van der Waals surface area contributed by atoms with E-state index in [1.165, 1.54) is 0 Å². The van der Waals surface area contributed by atoms with Crippen LogP contribution in [0.3, 0.4) is 0 Å². The molecular formula is C21H22F3N3O4. The highest BCUT2D eigenvalue weighted by Gasteiger charge is 2.19. The fourth-order valence-electron chi connectivity index (χ4n) is 2.43. The second-order valence-electron chi connectivity index (χ2n) is 7.47. The molecule has 0 atom stereocenters. The molecule has 0 saturated heterocycles. The van der Waals surface area contributed by atoms with Crippen molar-refractivity contribution in [3.63, 3.8) is 0 Å². The van der Waals surface area contributed by atoms with Crippen molar-refractivity contribution in [2.24, 2.45) is 0 Å². The summed E-state index contributed by atoms with van der Waals surface area (Å²) in [6.07, 6.45) is -0.753. The molecule has 2 aromatic rings. The molecule has 166 valence electrons. The van der Waals surface area contributed by atoms with Crippen LogP contribution in [0.5, 0.6) is 0 Å². The topological polar surface area (TPSA) is 96.5 Å². The molecule has 3 amide bonds. The maximum absolute atomic E-state index is 13.8. The molecule has 0 aliphatic carbocycles. The number of benzene rings is 2. The Bertz CT molecular complexity index is 990. The number of amides is 3. The summed E-state index contributed by atoms with van der Waals surface area (Å²) in [5, 5.41) is 7.28. The average Bonchev–Trinajstić information content (AvgIpc) is 2.68. The first-order valence-electron chi connectivity index (χ1n) is 9.24. The summed E-state index contributed by atoms with van der Waals surface area (Å²) in [6, 6.07) is 7.92.